The number of thiophene rings is 1. The van der Waals surface area contributed by atoms with Gasteiger partial charge in [-0.2, -0.15) is 11.3 Å². The van der Waals surface area contributed by atoms with E-state index in [9.17, 15) is 9.59 Å². The van der Waals surface area contributed by atoms with Gasteiger partial charge in [-0.05, 0) is 36.5 Å². The highest BCUT2D eigenvalue weighted by Crippen LogP contribution is 2.19. The molecule has 0 saturated heterocycles. The van der Waals surface area contributed by atoms with Crippen LogP contribution in [-0.2, 0) is 9.59 Å². The zero-order chi connectivity index (χ0) is 12.8. The molecular formula is C11H17N3O2S. The zero-order valence-electron chi connectivity index (χ0n) is 10.2. The average Bonchev–Trinajstić information content (AvgIpc) is 2.81. The lowest BCUT2D eigenvalue weighted by Gasteiger charge is -2.23. The highest BCUT2D eigenvalue weighted by Gasteiger charge is 2.17. The molecule has 94 valence electrons. The predicted octanol–water partition coefficient (Wildman–Crippen LogP) is 0.213. The first-order valence-electron chi connectivity index (χ1n) is 5.24. The number of rotatable bonds is 4. The molecule has 1 atom stereocenters. The summed E-state index contributed by atoms with van der Waals surface area (Å²) in [6, 6.07) is 2.09. The fourth-order valence-corrected chi connectivity index (χ4v) is 2.15. The molecule has 0 spiro atoms. The van der Waals surface area contributed by atoms with Gasteiger partial charge in [-0.1, -0.05) is 0 Å². The van der Waals surface area contributed by atoms with Crippen molar-refractivity contribution in [3.8, 4) is 0 Å². The lowest BCUT2D eigenvalue weighted by molar-refractivity contribution is -0.139. The molecule has 0 aliphatic heterocycles. The minimum atomic E-state index is -0.618. The fourth-order valence-electron chi connectivity index (χ4n) is 1.45. The maximum Gasteiger partial charge on any atom is 0.309 e. The summed E-state index contributed by atoms with van der Waals surface area (Å²) >= 11 is 1.61. The van der Waals surface area contributed by atoms with Crippen LogP contribution in [-0.4, -0.2) is 44.4 Å². The fraction of sp³-hybridized carbons (Fsp3) is 0.455. The third kappa shape index (κ3) is 3.83. The molecule has 0 aliphatic carbocycles. The van der Waals surface area contributed by atoms with Crippen molar-refractivity contribution in [2.45, 2.75) is 6.04 Å². The largest absolute Gasteiger partial charge is 0.351 e. The minimum Gasteiger partial charge on any atom is -0.351 e. The number of nitrogens with zero attached hydrogens (tertiary/aromatic N) is 1. The summed E-state index contributed by atoms with van der Waals surface area (Å²) < 4.78 is 0. The molecule has 17 heavy (non-hydrogen) atoms. The third-order valence-corrected chi connectivity index (χ3v) is 3.14. The first-order chi connectivity index (χ1) is 8.06. The van der Waals surface area contributed by atoms with Crippen LogP contribution in [0.25, 0.3) is 0 Å². The van der Waals surface area contributed by atoms with Gasteiger partial charge in [0.1, 0.15) is 0 Å². The van der Waals surface area contributed by atoms with Crippen molar-refractivity contribution in [2.24, 2.45) is 0 Å². The molecule has 0 aliphatic rings. The van der Waals surface area contributed by atoms with Crippen LogP contribution in [0.2, 0.25) is 0 Å². The first-order valence-corrected chi connectivity index (χ1v) is 6.19. The van der Waals surface area contributed by atoms with Gasteiger partial charge in [0.05, 0.1) is 6.04 Å². The molecule has 2 N–H and O–H groups in total. The summed E-state index contributed by atoms with van der Waals surface area (Å²) in [5.41, 5.74) is 1.14. The molecule has 1 unspecified atom stereocenters. The van der Waals surface area contributed by atoms with Gasteiger partial charge in [-0.25, -0.2) is 0 Å². The summed E-state index contributed by atoms with van der Waals surface area (Å²) in [5, 5.41) is 8.94. The van der Waals surface area contributed by atoms with Crippen LogP contribution in [0.1, 0.15) is 11.6 Å². The molecule has 0 aromatic carbocycles. The van der Waals surface area contributed by atoms with Gasteiger partial charge in [0.25, 0.3) is 0 Å². The van der Waals surface area contributed by atoms with E-state index in [2.05, 4.69) is 10.6 Å². The van der Waals surface area contributed by atoms with Crippen LogP contribution < -0.4 is 10.6 Å². The van der Waals surface area contributed by atoms with E-state index in [0.717, 1.165) is 5.56 Å². The second-order valence-electron chi connectivity index (χ2n) is 3.83. The van der Waals surface area contributed by atoms with Crippen molar-refractivity contribution in [1.29, 1.82) is 0 Å². The number of carbonyl (C=O) groups excluding carboxylic acids is 2. The Morgan fingerprint density at radius 1 is 1.41 bits per heavy atom. The van der Waals surface area contributed by atoms with E-state index in [1.54, 1.807) is 11.3 Å². The number of nitrogens with one attached hydrogen (secondary N) is 2. The molecule has 1 heterocycles. The van der Waals surface area contributed by atoms with Gasteiger partial charge in [0.15, 0.2) is 0 Å². The lowest BCUT2D eigenvalue weighted by atomic mass is 10.1. The van der Waals surface area contributed by atoms with Crippen LogP contribution in [0.4, 0.5) is 0 Å². The van der Waals surface area contributed by atoms with Crippen molar-refractivity contribution in [2.75, 3.05) is 27.7 Å². The molecule has 0 radical (unpaired) electrons. The van der Waals surface area contributed by atoms with Crippen LogP contribution in [0.15, 0.2) is 16.8 Å². The summed E-state index contributed by atoms with van der Waals surface area (Å²) in [6.45, 7) is 0.413. The lowest BCUT2D eigenvalue weighted by Crippen LogP contribution is -2.41. The highest BCUT2D eigenvalue weighted by atomic mass is 32.1. The summed E-state index contributed by atoms with van der Waals surface area (Å²) in [7, 11) is 5.31. The Bertz CT molecular complexity index is 376. The van der Waals surface area contributed by atoms with E-state index in [1.165, 1.54) is 7.05 Å². The molecule has 0 fully saturated rings. The van der Waals surface area contributed by atoms with Gasteiger partial charge < -0.3 is 15.5 Å². The van der Waals surface area contributed by atoms with E-state index in [4.69, 9.17) is 0 Å². The molecule has 6 heteroatoms. The number of hydrogen-bond acceptors (Lipinski definition) is 4. The van der Waals surface area contributed by atoms with Gasteiger partial charge >= 0.3 is 11.8 Å². The Kier molecular flexibility index (Phi) is 5.11. The Morgan fingerprint density at radius 3 is 2.59 bits per heavy atom. The smallest absolute Gasteiger partial charge is 0.309 e. The second-order valence-corrected chi connectivity index (χ2v) is 4.61. The molecule has 1 rings (SSSR count). The van der Waals surface area contributed by atoms with Gasteiger partial charge in [0, 0.05) is 13.6 Å². The van der Waals surface area contributed by atoms with Crippen LogP contribution in [0, 0.1) is 0 Å². The SMILES string of the molecule is CNC(=O)C(=O)NCC(c1ccsc1)N(C)C. The number of likely N-dealkylation sites (N-methyl/N-ethyl adjacent to an activating group) is 2. The number of hydrogen-bond donors (Lipinski definition) is 2. The maximum atomic E-state index is 11.3. The number of amides is 2. The van der Waals surface area contributed by atoms with Gasteiger partial charge in [-0.15, -0.1) is 0 Å². The first kappa shape index (κ1) is 13.7. The number of carbonyl (C=O) groups is 2. The molecule has 0 bridgehead atoms. The van der Waals surface area contributed by atoms with Crippen LogP contribution >= 0.6 is 11.3 Å². The molecule has 1 aromatic rings. The maximum absolute atomic E-state index is 11.3. The van der Waals surface area contributed by atoms with E-state index in [1.807, 2.05) is 35.8 Å². The zero-order valence-corrected chi connectivity index (χ0v) is 11.0. The van der Waals surface area contributed by atoms with Gasteiger partial charge in [-0.3, -0.25) is 9.59 Å². The average molecular weight is 255 g/mol. The van der Waals surface area contributed by atoms with Crippen LogP contribution in [0.5, 0.6) is 0 Å². The molecule has 5 nitrogen and oxygen atoms in total. The van der Waals surface area contributed by atoms with E-state index >= 15 is 0 Å². The highest BCUT2D eigenvalue weighted by molar-refractivity contribution is 7.07. The topological polar surface area (TPSA) is 61.4 Å². The predicted molar refractivity (Wildman–Crippen MR) is 67.8 cm³/mol. The normalized spacial score (nSPS) is 12.2. The van der Waals surface area contributed by atoms with E-state index in [0.29, 0.717) is 6.54 Å². The Balaban J connectivity index is 2.58. The minimum absolute atomic E-state index is 0.0786. The van der Waals surface area contributed by atoms with Crippen molar-refractivity contribution in [3.05, 3.63) is 22.4 Å². The van der Waals surface area contributed by atoms with E-state index < -0.39 is 11.8 Å². The van der Waals surface area contributed by atoms with Crippen molar-refractivity contribution in [1.82, 2.24) is 15.5 Å². The third-order valence-electron chi connectivity index (χ3n) is 2.44. The Morgan fingerprint density at radius 2 is 2.12 bits per heavy atom. The monoisotopic (exact) mass is 255 g/mol. The Hall–Kier alpha value is -1.40. The summed E-state index contributed by atoms with van der Waals surface area (Å²) in [4.78, 5) is 24.4. The van der Waals surface area contributed by atoms with Crippen molar-refractivity contribution in [3.63, 3.8) is 0 Å². The second kappa shape index (κ2) is 6.36. The molecular weight excluding hydrogens is 238 g/mol. The van der Waals surface area contributed by atoms with E-state index in [-0.39, 0.29) is 6.04 Å². The standard InChI is InChI=1S/C11H17N3O2S/c1-12-10(15)11(16)13-6-9(14(2)3)8-4-5-17-7-8/h4-5,7,9H,6H2,1-3H3,(H,12,15)(H,13,16). The van der Waals surface area contributed by atoms with Crippen molar-refractivity contribution >= 4 is 23.2 Å². The molecule has 2 amide bonds. The molecule has 1 aromatic heterocycles. The Labute approximate surface area is 105 Å². The quantitative estimate of drug-likeness (QED) is 0.756. The molecule has 0 saturated carbocycles. The van der Waals surface area contributed by atoms with Crippen molar-refractivity contribution < 1.29 is 9.59 Å². The van der Waals surface area contributed by atoms with Crippen LogP contribution in [0.3, 0.4) is 0 Å². The summed E-state index contributed by atoms with van der Waals surface area (Å²) in [6.07, 6.45) is 0. The summed E-state index contributed by atoms with van der Waals surface area (Å²) in [5.74, 6) is -1.22. The van der Waals surface area contributed by atoms with Gasteiger partial charge in [0.2, 0.25) is 0 Å².